The Morgan fingerprint density at radius 2 is 1.94 bits per heavy atom. The second-order valence-electron chi connectivity index (χ2n) is 3.90. The maximum Gasteiger partial charge on any atom is 0.255 e. The molecule has 0 saturated heterocycles. The first-order valence-electron chi connectivity index (χ1n) is 5.58. The van der Waals surface area contributed by atoms with Crippen molar-refractivity contribution in [2.24, 2.45) is 4.99 Å². The van der Waals surface area contributed by atoms with Gasteiger partial charge in [-0.2, -0.15) is 0 Å². The van der Waals surface area contributed by atoms with Crippen LogP contribution >= 0.6 is 0 Å². The van der Waals surface area contributed by atoms with Crippen LogP contribution in [0, 0.1) is 0 Å². The van der Waals surface area contributed by atoms with Crippen LogP contribution in [0.5, 0.6) is 0 Å². The third kappa shape index (κ3) is 4.43. The van der Waals surface area contributed by atoms with Gasteiger partial charge < -0.3 is 4.90 Å². The van der Waals surface area contributed by atoms with Crippen LogP contribution in [0.1, 0.15) is 34.1 Å². The van der Waals surface area contributed by atoms with Crippen LogP contribution in [0.3, 0.4) is 0 Å². The fraction of sp³-hybridized carbons (Fsp3) is 0.538. The number of nitrogens with zero attached hydrogens (tertiary/aromatic N) is 2. The molecule has 0 rings (SSSR count). The number of carbonyl (C=O) groups excluding carboxylic acids is 1. The smallest absolute Gasteiger partial charge is 0.255 e. The molecule has 0 unspecified atom stereocenters. The maximum absolute atomic E-state index is 12.0. The summed E-state index contributed by atoms with van der Waals surface area (Å²) in [6.07, 6.45) is 2.38. The molecule has 90 valence electrons. The van der Waals surface area contributed by atoms with Crippen molar-refractivity contribution in [2.45, 2.75) is 34.1 Å². The number of aliphatic imine (C=N–C) groups is 1. The Labute approximate surface area is 98.6 Å². The molecule has 0 radical (unpaired) electrons. The Kier molecular flexibility index (Phi) is 6.38. The lowest BCUT2D eigenvalue weighted by atomic mass is 10.1. The van der Waals surface area contributed by atoms with Gasteiger partial charge in [0.25, 0.3) is 5.91 Å². The van der Waals surface area contributed by atoms with Crippen LogP contribution in [-0.4, -0.2) is 30.1 Å². The molecule has 0 saturated carbocycles. The first-order chi connectivity index (χ1) is 7.43. The third-order valence-electron chi connectivity index (χ3n) is 2.31. The number of hydrogen-bond donors (Lipinski definition) is 0. The first kappa shape index (κ1) is 14.6. The second-order valence-corrected chi connectivity index (χ2v) is 3.90. The molecular formula is C13H22N2O. The summed E-state index contributed by atoms with van der Waals surface area (Å²) in [5.74, 6) is -0.0145. The molecule has 0 aliphatic heterocycles. The van der Waals surface area contributed by atoms with Gasteiger partial charge in [-0.3, -0.25) is 9.79 Å². The van der Waals surface area contributed by atoms with E-state index in [4.69, 9.17) is 0 Å². The molecule has 0 spiro atoms. The van der Waals surface area contributed by atoms with E-state index in [9.17, 15) is 4.79 Å². The summed E-state index contributed by atoms with van der Waals surface area (Å²) < 4.78 is 0. The van der Waals surface area contributed by atoms with Crippen LogP contribution in [0.2, 0.25) is 0 Å². The third-order valence-corrected chi connectivity index (χ3v) is 2.31. The lowest BCUT2D eigenvalue weighted by Crippen LogP contribution is -2.28. The van der Waals surface area contributed by atoms with Crippen LogP contribution in [-0.2, 0) is 4.79 Å². The van der Waals surface area contributed by atoms with Gasteiger partial charge >= 0.3 is 0 Å². The zero-order valence-corrected chi connectivity index (χ0v) is 11.0. The standard InChI is InChI=1S/C13H22N2O/c1-7-11(5)12(9-14-10(3)4)13(16)15(6)8-2/h9H,5,7-8H2,1-4,6H3/b12-9+. The van der Waals surface area contributed by atoms with E-state index >= 15 is 0 Å². The number of amides is 1. The summed E-state index contributed by atoms with van der Waals surface area (Å²) in [7, 11) is 1.78. The molecule has 0 aromatic heterocycles. The predicted octanol–water partition coefficient (Wildman–Crippen LogP) is 2.80. The molecule has 0 heterocycles. The van der Waals surface area contributed by atoms with Gasteiger partial charge in [-0.1, -0.05) is 13.5 Å². The molecule has 0 aromatic carbocycles. The van der Waals surface area contributed by atoms with Crippen LogP contribution < -0.4 is 0 Å². The Morgan fingerprint density at radius 1 is 1.38 bits per heavy atom. The van der Waals surface area contributed by atoms with Crippen LogP contribution in [0.4, 0.5) is 0 Å². The van der Waals surface area contributed by atoms with Crippen molar-refractivity contribution in [2.75, 3.05) is 13.6 Å². The van der Waals surface area contributed by atoms with Gasteiger partial charge in [-0.15, -0.1) is 0 Å². The monoisotopic (exact) mass is 222 g/mol. The molecule has 0 N–H and O–H groups in total. The largest absolute Gasteiger partial charge is 0.342 e. The Morgan fingerprint density at radius 3 is 2.31 bits per heavy atom. The molecule has 0 aliphatic rings. The SMILES string of the molecule is C=C(CC)/C(=C\N=C(C)C)C(=O)N(C)CC. The van der Waals surface area contributed by atoms with Gasteiger partial charge in [-0.05, 0) is 32.8 Å². The van der Waals surface area contributed by atoms with E-state index in [2.05, 4.69) is 11.6 Å². The van der Waals surface area contributed by atoms with Crippen molar-refractivity contribution >= 4 is 11.6 Å². The molecule has 16 heavy (non-hydrogen) atoms. The van der Waals surface area contributed by atoms with Crippen LogP contribution in [0.25, 0.3) is 0 Å². The average molecular weight is 222 g/mol. The second kappa shape index (κ2) is 6.99. The summed E-state index contributed by atoms with van der Waals surface area (Å²) >= 11 is 0. The summed E-state index contributed by atoms with van der Waals surface area (Å²) in [4.78, 5) is 17.9. The number of hydrogen-bond acceptors (Lipinski definition) is 2. The highest BCUT2D eigenvalue weighted by atomic mass is 16.2. The minimum atomic E-state index is -0.0145. The average Bonchev–Trinajstić information content (AvgIpc) is 2.26. The Hall–Kier alpha value is -1.38. The van der Waals surface area contributed by atoms with Gasteiger partial charge in [0.1, 0.15) is 0 Å². The van der Waals surface area contributed by atoms with E-state index in [1.807, 2.05) is 27.7 Å². The van der Waals surface area contributed by atoms with E-state index in [0.717, 1.165) is 17.7 Å². The highest BCUT2D eigenvalue weighted by molar-refractivity contribution is 5.97. The molecule has 0 aliphatic carbocycles. The lowest BCUT2D eigenvalue weighted by molar-refractivity contribution is -0.125. The van der Waals surface area contributed by atoms with Gasteiger partial charge in [0, 0.05) is 25.5 Å². The molecule has 1 amide bonds. The van der Waals surface area contributed by atoms with Crippen molar-refractivity contribution in [1.29, 1.82) is 0 Å². The summed E-state index contributed by atoms with van der Waals surface area (Å²) in [5, 5.41) is 0. The quantitative estimate of drug-likeness (QED) is 0.400. The Bertz CT molecular complexity index is 323. The molecular weight excluding hydrogens is 200 g/mol. The molecule has 0 atom stereocenters. The van der Waals surface area contributed by atoms with Crippen molar-refractivity contribution in [3.8, 4) is 0 Å². The molecule has 3 heteroatoms. The van der Waals surface area contributed by atoms with E-state index in [1.165, 1.54) is 0 Å². The molecule has 3 nitrogen and oxygen atoms in total. The zero-order valence-electron chi connectivity index (χ0n) is 11.0. The normalized spacial score (nSPS) is 10.9. The Balaban J connectivity index is 5.10. The molecule has 0 aromatic rings. The minimum absolute atomic E-state index is 0.0145. The predicted molar refractivity (Wildman–Crippen MR) is 69.6 cm³/mol. The number of rotatable bonds is 5. The zero-order chi connectivity index (χ0) is 12.7. The van der Waals surface area contributed by atoms with Crippen molar-refractivity contribution in [1.82, 2.24) is 4.90 Å². The fourth-order valence-corrected chi connectivity index (χ4v) is 1.03. The highest BCUT2D eigenvalue weighted by Gasteiger charge is 2.15. The van der Waals surface area contributed by atoms with E-state index in [-0.39, 0.29) is 5.91 Å². The van der Waals surface area contributed by atoms with Gasteiger partial charge in [0.05, 0.1) is 5.57 Å². The van der Waals surface area contributed by atoms with Gasteiger partial charge in [-0.25, -0.2) is 0 Å². The van der Waals surface area contributed by atoms with E-state index < -0.39 is 0 Å². The summed E-state index contributed by atoms with van der Waals surface area (Å²) in [5.41, 5.74) is 2.36. The highest BCUT2D eigenvalue weighted by Crippen LogP contribution is 2.14. The molecule has 0 fully saturated rings. The van der Waals surface area contributed by atoms with Crippen molar-refractivity contribution in [3.05, 3.63) is 23.9 Å². The van der Waals surface area contributed by atoms with E-state index in [1.54, 1.807) is 18.1 Å². The molecule has 0 bridgehead atoms. The van der Waals surface area contributed by atoms with Crippen molar-refractivity contribution < 1.29 is 4.79 Å². The number of likely N-dealkylation sites (N-methyl/N-ethyl adjacent to an activating group) is 1. The van der Waals surface area contributed by atoms with Crippen molar-refractivity contribution in [3.63, 3.8) is 0 Å². The number of carbonyl (C=O) groups is 1. The lowest BCUT2D eigenvalue weighted by Gasteiger charge is -2.17. The van der Waals surface area contributed by atoms with Gasteiger partial charge in [0.15, 0.2) is 0 Å². The van der Waals surface area contributed by atoms with Crippen LogP contribution in [0.15, 0.2) is 28.9 Å². The van der Waals surface area contributed by atoms with E-state index in [0.29, 0.717) is 12.1 Å². The topological polar surface area (TPSA) is 32.7 Å². The summed E-state index contributed by atoms with van der Waals surface area (Å²) in [6.45, 7) is 12.3. The minimum Gasteiger partial charge on any atom is -0.342 e. The van der Waals surface area contributed by atoms with Gasteiger partial charge in [0.2, 0.25) is 0 Å². The maximum atomic E-state index is 12.0. The first-order valence-corrected chi connectivity index (χ1v) is 5.58. The fourth-order valence-electron chi connectivity index (χ4n) is 1.03. The summed E-state index contributed by atoms with van der Waals surface area (Å²) in [6, 6.07) is 0.